The van der Waals surface area contributed by atoms with Gasteiger partial charge in [0.05, 0.1) is 0 Å². The Balaban J connectivity index is 3.26. The Kier molecular flexibility index (Phi) is 3.74. The predicted octanol–water partition coefficient (Wildman–Crippen LogP) is -1.64. The van der Waals surface area contributed by atoms with Crippen molar-refractivity contribution in [3.05, 3.63) is 0 Å². The Morgan fingerprint density at radius 1 is 1.78 bits per heavy atom. The summed E-state index contributed by atoms with van der Waals surface area (Å²) in [5.41, 5.74) is 4.63. The molecule has 0 heterocycles. The zero-order valence-corrected chi connectivity index (χ0v) is 4.87. The van der Waals surface area contributed by atoms with Crippen molar-refractivity contribution in [1.82, 2.24) is 5.32 Å². The molecule has 0 aliphatic carbocycles. The molecular formula is C4H10N2O3. The summed E-state index contributed by atoms with van der Waals surface area (Å²) < 4.78 is 0. The molecular weight excluding hydrogens is 124 g/mol. The van der Waals surface area contributed by atoms with Crippen molar-refractivity contribution < 1.29 is 15.0 Å². The highest BCUT2D eigenvalue weighted by Crippen LogP contribution is 1.82. The van der Waals surface area contributed by atoms with Crippen LogP contribution in [0.2, 0.25) is 0 Å². The summed E-state index contributed by atoms with van der Waals surface area (Å²) in [6.07, 6.45) is -0.935. The van der Waals surface area contributed by atoms with E-state index in [0.717, 1.165) is 0 Å². The Morgan fingerprint density at radius 2 is 2.33 bits per heavy atom. The Bertz CT molecular complexity index is 95.8. The summed E-state index contributed by atoms with van der Waals surface area (Å²) in [4.78, 5) is 9.95. The van der Waals surface area contributed by atoms with E-state index in [-0.39, 0.29) is 13.0 Å². The first-order valence-corrected chi connectivity index (χ1v) is 2.51. The van der Waals surface area contributed by atoms with Crippen molar-refractivity contribution >= 4 is 6.03 Å². The zero-order valence-electron chi connectivity index (χ0n) is 4.87. The number of aliphatic hydroxyl groups is 2. The molecule has 54 valence electrons. The summed E-state index contributed by atoms with van der Waals surface area (Å²) in [7, 11) is 0. The molecule has 1 atom stereocenters. The topological polar surface area (TPSA) is 95.6 Å². The number of hydrogen-bond donors (Lipinski definition) is 4. The molecule has 0 fully saturated rings. The van der Waals surface area contributed by atoms with Gasteiger partial charge in [-0.15, -0.1) is 0 Å². The van der Waals surface area contributed by atoms with E-state index in [1.54, 1.807) is 0 Å². The van der Waals surface area contributed by atoms with Crippen LogP contribution in [-0.4, -0.2) is 29.1 Å². The third kappa shape index (κ3) is 5.05. The van der Waals surface area contributed by atoms with Gasteiger partial charge in [0.15, 0.2) is 0 Å². The Labute approximate surface area is 52.5 Å². The highest BCUT2D eigenvalue weighted by atomic mass is 16.3. The lowest BCUT2D eigenvalue weighted by Gasteiger charge is -2.07. The second-order valence-corrected chi connectivity index (χ2v) is 1.54. The molecule has 2 amide bonds. The molecule has 5 N–H and O–H groups in total. The van der Waals surface area contributed by atoms with E-state index in [0.29, 0.717) is 0 Å². The van der Waals surface area contributed by atoms with Crippen LogP contribution < -0.4 is 11.1 Å². The molecule has 0 aromatic carbocycles. The van der Waals surface area contributed by atoms with Crippen molar-refractivity contribution in [2.45, 2.75) is 12.6 Å². The van der Waals surface area contributed by atoms with Gasteiger partial charge >= 0.3 is 6.03 Å². The number of amides is 2. The van der Waals surface area contributed by atoms with Crippen molar-refractivity contribution in [2.24, 2.45) is 5.73 Å². The molecule has 5 heteroatoms. The van der Waals surface area contributed by atoms with Gasteiger partial charge < -0.3 is 21.3 Å². The van der Waals surface area contributed by atoms with E-state index in [9.17, 15) is 4.79 Å². The predicted molar refractivity (Wildman–Crippen MR) is 30.4 cm³/mol. The van der Waals surface area contributed by atoms with Gasteiger partial charge in [-0.3, -0.25) is 0 Å². The van der Waals surface area contributed by atoms with E-state index >= 15 is 0 Å². The van der Waals surface area contributed by atoms with Gasteiger partial charge in [-0.1, -0.05) is 0 Å². The summed E-state index contributed by atoms with van der Waals surface area (Å²) in [6, 6.07) is -0.795. The Morgan fingerprint density at radius 3 is 2.67 bits per heavy atom. The van der Waals surface area contributed by atoms with Gasteiger partial charge in [-0.25, -0.2) is 4.79 Å². The molecule has 5 nitrogen and oxygen atoms in total. The maximum absolute atomic E-state index is 9.95. The van der Waals surface area contributed by atoms with Crippen LogP contribution in [0, 0.1) is 0 Å². The molecule has 9 heavy (non-hydrogen) atoms. The third-order valence-electron chi connectivity index (χ3n) is 0.711. The van der Waals surface area contributed by atoms with Crippen LogP contribution in [0.1, 0.15) is 6.42 Å². The fourth-order valence-corrected chi connectivity index (χ4v) is 0.359. The van der Waals surface area contributed by atoms with Crippen molar-refractivity contribution in [3.63, 3.8) is 0 Å². The number of carbonyl (C=O) groups excluding carboxylic acids is 1. The van der Waals surface area contributed by atoms with Crippen LogP contribution in [-0.2, 0) is 0 Å². The number of carbonyl (C=O) groups is 1. The lowest BCUT2D eigenvalue weighted by molar-refractivity contribution is 0.111. The summed E-state index contributed by atoms with van der Waals surface area (Å²) in [5, 5.41) is 18.8. The molecule has 0 radical (unpaired) electrons. The highest BCUT2D eigenvalue weighted by molar-refractivity contribution is 5.71. The smallest absolute Gasteiger partial charge is 0.314 e. The second-order valence-electron chi connectivity index (χ2n) is 1.54. The molecule has 0 aliphatic heterocycles. The summed E-state index contributed by atoms with van der Waals surface area (Å²) in [6.45, 7) is -0.179. The van der Waals surface area contributed by atoms with Gasteiger partial charge in [0.1, 0.15) is 6.23 Å². The number of aliphatic hydroxyl groups excluding tert-OH is 2. The first-order valence-electron chi connectivity index (χ1n) is 2.51. The molecule has 0 saturated heterocycles. The molecule has 0 aromatic rings. The number of nitrogens with one attached hydrogen (secondary N) is 1. The number of primary amides is 1. The molecule has 1 unspecified atom stereocenters. The van der Waals surface area contributed by atoms with Crippen LogP contribution in [0.5, 0.6) is 0 Å². The second kappa shape index (κ2) is 4.11. The van der Waals surface area contributed by atoms with Gasteiger partial charge in [0.2, 0.25) is 0 Å². The van der Waals surface area contributed by atoms with E-state index in [2.05, 4.69) is 5.73 Å². The van der Waals surface area contributed by atoms with E-state index in [1.807, 2.05) is 5.32 Å². The number of nitrogens with two attached hydrogens (primary N) is 1. The number of rotatable bonds is 3. The average molecular weight is 134 g/mol. The molecule has 0 aromatic heterocycles. The lowest BCUT2D eigenvalue weighted by Crippen LogP contribution is -2.38. The molecule has 0 spiro atoms. The lowest BCUT2D eigenvalue weighted by atomic mass is 10.4. The largest absolute Gasteiger partial charge is 0.396 e. The average Bonchev–Trinajstić information content (AvgIpc) is 1.63. The SMILES string of the molecule is NC(=O)NC(O)CCO. The summed E-state index contributed by atoms with van der Waals surface area (Å²) >= 11 is 0. The summed E-state index contributed by atoms with van der Waals surface area (Å²) in [5.74, 6) is 0. The molecule has 0 saturated carbocycles. The maximum atomic E-state index is 9.95. The van der Waals surface area contributed by atoms with Crippen LogP contribution in [0.4, 0.5) is 4.79 Å². The normalized spacial score (nSPS) is 12.7. The minimum Gasteiger partial charge on any atom is -0.396 e. The minimum absolute atomic E-state index is 0.100. The highest BCUT2D eigenvalue weighted by Gasteiger charge is 2.02. The first kappa shape index (κ1) is 8.19. The third-order valence-corrected chi connectivity index (χ3v) is 0.711. The van der Waals surface area contributed by atoms with Crippen molar-refractivity contribution in [1.29, 1.82) is 0 Å². The van der Waals surface area contributed by atoms with Crippen LogP contribution in [0.15, 0.2) is 0 Å². The van der Waals surface area contributed by atoms with Crippen LogP contribution in [0.25, 0.3) is 0 Å². The monoisotopic (exact) mass is 134 g/mol. The standard InChI is InChI=1S/C4H10N2O3/c5-4(9)6-3(8)1-2-7/h3,7-8H,1-2H2,(H3,5,6,9). The zero-order chi connectivity index (χ0) is 7.28. The molecule has 0 bridgehead atoms. The minimum atomic E-state index is -1.03. The number of hydrogen-bond acceptors (Lipinski definition) is 3. The van der Waals surface area contributed by atoms with Crippen LogP contribution >= 0.6 is 0 Å². The van der Waals surface area contributed by atoms with Gasteiger partial charge in [-0.2, -0.15) is 0 Å². The van der Waals surface area contributed by atoms with Gasteiger partial charge in [0.25, 0.3) is 0 Å². The maximum Gasteiger partial charge on any atom is 0.314 e. The molecule has 0 rings (SSSR count). The van der Waals surface area contributed by atoms with E-state index in [4.69, 9.17) is 10.2 Å². The Hall–Kier alpha value is -0.810. The van der Waals surface area contributed by atoms with Crippen LogP contribution in [0.3, 0.4) is 0 Å². The van der Waals surface area contributed by atoms with Crippen molar-refractivity contribution in [3.8, 4) is 0 Å². The quantitative estimate of drug-likeness (QED) is 0.348. The molecule has 0 aliphatic rings. The van der Waals surface area contributed by atoms with Crippen molar-refractivity contribution in [2.75, 3.05) is 6.61 Å². The fraction of sp³-hybridized carbons (Fsp3) is 0.750. The van der Waals surface area contributed by atoms with Gasteiger partial charge in [-0.05, 0) is 0 Å². The van der Waals surface area contributed by atoms with E-state index in [1.165, 1.54) is 0 Å². The fourth-order valence-electron chi connectivity index (χ4n) is 0.359. The first-order chi connectivity index (χ1) is 4.16. The number of urea groups is 1. The van der Waals surface area contributed by atoms with Gasteiger partial charge in [0, 0.05) is 13.0 Å². The van der Waals surface area contributed by atoms with E-state index < -0.39 is 12.3 Å².